The molecule has 0 radical (unpaired) electrons. The van der Waals surface area contributed by atoms with E-state index in [2.05, 4.69) is 10.2 Å². The SMILES string of the molecule is O=C(Nc1ccccc1C(=O)N1CCN(Cc2ccc(Cl)cc2)CC1)c1ccccc1. The van der Waals surface area contributed by atoms with Crippen LogP contribution in [0.25, 0.3) is 0 Å². The standard InChI is InChI=1S/C25H24ClN3O2/c26-21-12-10-19(11-13-21)18-28-14-16-29(17-15-28)25(31)22-8-4-5-9-23(22)27-24(30)20-6-2-1-3-7-20/h1-13H,14-18H2,(H,27,30). The van der Waals surface area contributed by atoms with Gasteiger partial charge in [-0.05, 0) is 42.0 Å². The number of rotatable bonds is 5. The Balaban J connectivity index is 1.39. The smallest absolute Gasteiger partial charge is 0.256 e. The van der Waals surface area contributed by atoms with Gasteiger partial charge in [-0.2, -0.15) is 0 Å². The molecule has 1 N–H and O–H groups in total. The van der Waals surface area contributed by atoms with Crippen molar-refractivity contribution in [3.63, 3.8) is 0 Å². The third-order valence-electron chi connectivity index (χ3n) is 5.42. The van der Waals surface area contributed by atoms with Crippen LogP contribution in [0, 0.1) is 0 Å². The van der Waals surface area contributed by atoms with E-state index in [1.54, 1.807) is 24.3 Å². The maximum atomic E-state index is 13.2. The van der Waals surface area contributed by atoms with Crippen LogP contribution in [0.4, 0.5) is 5.69 Å². The molecule has 0 spiro atoms. The molecule has 1 saturated heterocycles. The van der Waals surface area contributed by atoms with Crippen molar-refractivity contribution in [2.24, 2.45) is 0 Å². The number of benzene rings is 3. The van der Waals surface area contributed by atoms with Crippen molar-refractivity contribution < 1.29 is 9.59 Å². The van der Waals surface area contributed by atoms with Crippen molar-refractivity contribution in [1.29, 1.82) is 0 Å². The van der Waals surface area contributed by atoms with Crippen LogP contribution in [0.1, 0.15) is 26.3 Å². The minimum Gasteiger partial charge on any atom is -0.336 e. The Kier molecular flexibility index (Phi) is 6.65. The number of carbonyl (C=O) groups is 2. The van der Waals surface area contributed by atoms with E-state index in [0.29, 0.717) is 29.9 Å². The molecule has 158 valence electrons. The number of halogens is 1. The van der Waals surface area contributed by atoms with Crippen LogP contribution in [0.2, 0.25) is 5.02 Å². The second-order valence-electron chi connectivity index (χ2n) is 7.56. The molecule has 4 rings (SSSR count). The molecule has 1 aliphatic rings. The molecule has 2 amide bonds. The number of para-hydroxylation sites is 1. The average molecular weight is 434 g/mol. The number of carbonyl (C=O) groups excluding carboxylic acids is 2. The third kappa shape index (κ3) is 5.32. The van der Waals surface area contributed by atoms with Crippen molar-refractivity contribution in [1.82, 2.24) is 9.80 Å². The molecule has 5 nitrogen and oxygen atoms in total. The lowest BCUT2D eigenvalue weighted by Gasteiger charge is -2.35. The van der Waals surface area contributed by atoms with Crippen LogP contribution in [0.15, 0.2) is 78.9 Å². The molecule has 0 saturated carbocycles. The number of nitrogens with one attached hydrogen (secondary N) is 1. The minimum atomic E-state index is -0.228. The van der Waals surface area contributed by atoms with Crippen molar-refractivity contribution >= 4 is 29.1 Å². The molecular formula is C25H24ClN3O2. The van der Waals surface area contributed by atoms with Gasteiger partial charge in [0.25, 0.3) is 11.8 Å². The molecule has 0 atom stereocenters. The molecule has 0 aliphatic carbocycles. The lowest BCUT2D eigenvalue weighted by atomic mass is 10.1. The highest BCUT2D eigenvalue weighted by Crippen LogP contribution is 2.20. The summed E-state index contributed by atoms with van der Waals surface area (Å²) < 4.78 is 0. The van der Waals surface area contributed by atoms with E-state index < -0.39 is 0 Å². The van der Waals surface area contributed by atoms with E-state index in [1.807, 2.05) is 59.5 Å². The molecule has 1 heterocycles. The quantitative estimate of drug-likeness (QED) is 0.642. The summed E-state index contributed by atoms with van der Waals surface area (Å²) in [7, 11) is 0. The van der Waals surface area contributed by atoms with Crippen molar-refractivity contribution in [3.8, 4) is 0 Å². The molecule has 3 aromatic rings. The van der Waals surface area contributed by atoms with Gasteiger partial charge in [0.1, 0.15) is 0 Å². The Hall–Kier alpha value is -3.15. The van der Waals surface area contributed by atoms with E-state index in [-0.39, 0.29) is 11.8 Å². The first-order chi connectivity index (χ1) is 15.1. The van der Waals surface area contributed by atoms with Crippen LogP contribution >= 0.6 is 11.6 Å². The first-order valence-corrected chi connectivity index (χ1v) is 10.7. The van der Waals surface area contributed by atoms with Gasteiger partial charge in [-0.1, -0.05) is 54.1 Å². The van der Waals surface area contributed by atoms with Gasteiger partial charge in [0.15, 0.2) is 0 Å². The summed E-state index contributed by atoms with van der Waals surface area (Å²) in [5.74, 6) is -0.288. The van der Waals surface area contributed by atoms with Gasteiger partial charge in [-0.3, -0.25) is 14.5 Å². The summed E-state index contributed by atoms with van der Waals surface area (Å²) in [6.07, 6.45) is 0. The highest BCUT2D eigenvalue weighted by molar-refractivity contribution is 6.30. The largest absolute Gasteiger partial charge is 0.336 e. The van der Waals surface area contributed by atoms with E-state index >= 15 is 0 Å². The molecule has 31 heavy (non-hydrogen) atoms. The fraction of sp³-hybridized carbons (Fsp3) is 0.200. The maximum absolute atomic E-state index is 13.2. The summed E-state index contributed by atoms with van der Waals surface area (Å²) in [5, 5.41) is 3.62. The van der Waals surface area contributed by atoms with Crippen LogP contribution < -0.4 is 5.32 Å². The van der Waals surface area contributed by atoms with Crippen LogP contribution in [-0.4, -0.2) is 47.8 Å². The Morgan fingerprint density at radius 2 is 1.45 bits per heavy atom. The van der Waals surface area contributed by atoms with Gasteiger partial charge < -0.3 is 10.2 Å². The summed E-state index contributed by atoms with van der Waals surface area (Å²) >= 11 is 5.96. The minimum absolute atomic E-state index is 0.0601. The van der Waals surface area contributed by atoms with Crippen LogP contribution in [0.5, 0.6) is 0 Å². The normalized spacial score (nSPS) is 14.3. The second kappa shape index (κ2) is 9.77. The van der Waals surface area contributed by atoms with Gasteiger partial charge in [0.2, 0.25) is 0 Å². The zero-order chi connectivity index (χ0) is 21.6. The topological polar surface area (TPSA) is 52.7 Å². The molecule has 0 aromatic heterocycles. The molecule has 3 aromatic carbocycles. The molecule has 0 unspecified atom stereocenters. The van der Waals surface area contributed by atoms with Crippen LogP contribution in [-0.2, 0) is 6.54 Å². The van der Waals surface area contributed by atoms with Crippen molar-refractivity contribution in [2.75, 3.05) is 31.5 Å². The first-order valence-electron chi connectivity index (χ1n) is 10.3. The predicted molar refractivity (Wildman–Crippen MR) is 123 cm³/mol. The van der Waals surface area contributed by atoms with E-state index in [1.165, 1.54) is 5.56 Å². The zero-order valence-corrected chi connectivity index (χ0v) is 17.9. The third-order valence-corrected chi connectivity index (χ3v) is 5.67. The Morgan fingerprint density at radius 1 is 0.806 bits per heavy atom. The predicted octanol–water partition coefficient (Wildman–Crippen LogP) is 4.55. The lowest BCUT2D eigenvalue weighted by Crippen LogP contribution is -2.48. The molecule has 0 bridgehead atoms. The van der Waals surface area contributed by atoms with Gasteiger partial charge >= 0.3 is 0 Å². The fourth-order valence-electron chi connectivity index (χ4n) is 3.69. The molecule has 1 aliphatic heterocycles. The monoisotopic (exact) mass is 433 g/mol. The maximum Gasteiger partial charge on any atom is 0.256 e. The summed E-state index contributed by atoms with van der Waals surface area (Å²) in [6, 6.07) is 24.0. The Bertz CT molecular complexity index is 1050. The van der Waals surface area contributed by atoms with Gasteiger partial charge in [0.05, 0.1) is 11.3 Å². The van der Waals surface area contributed by atoms with Gasteiger partial charge in [-0.25, -0.2) is 0 Å². The zero-order valence-electron chi connectivity index (χ0n) is 17.1. The molecular weight excluding hydrogens is 410 g/mol. The number of amides is 2. The number of anilines is 1. The fourth-order valence-corrected chi connectivity index (χ4v) is 3.82. The second-order valence-corrected chi connectivity index (χ2v) is 8.00. The van der Waals surface area contributed by atoms with Crippen molar-refractivity contribution in [3.05, 3.63) is 101 Å². The summed E-state index contributed by atoms with van der Waals surface area (Å²) in [6.45, 7) is 3.73. The Morgan fingerprint density at radius 3 is 2.16 bits per heavy atom. The van der Waals surface area contributed by atoms with Gasteiger partial charge in [0, 0.05) is 43.3 Å². The number of piperazine rings is 1. The highest BCUT2D eigenvalue weighted by Gasteiger charge is 2.24. The number of hydrogen-bond donors (Lipinski definition) is 1. The molecule has 6 heteroatoms. The summed E-state index contributed by atoms with van der Waals surface area (Å²) in [4.78, 5) is 29.9. The van der Waals surface area contributed by atoms with E-state index in [9.17, 15) is 9.59 Å². The molecule has 1 fully saturated rings. The van der Waals surface area contributed by atoms with E-state index in [0.717, 1.165) is 24.7 Å². The number of hydrogen-bond acceptors (Lipinski definition) is 3. The van der Waals surface area contributed by atoms with Crippen molar-refractivity contribution in [2.45, 2.75) is 6.54 Å². The number of nitrogens with zero attached hydrogens (tertiary/aromatic N) is 2. The Labute approximate surface area is 187 Å². The highest BCUT2D eigenvalue weighted by atomic mass is 35.5. The summed E-state index contributed by atoms with van der Waals surface area (Å²) in [5.41, 5.74) is 2.81. The van der Waals surface area contributed by atoms with Gasteiger partial charge in [-0.15, -0.1) is 0 Å². The average Bonchev–Trinajstić information content (AvgIpc) is 2.81. The lowest BCUT2D eigenvalue weighted by molar-refractivity contribution is 0.0629. The van der Waals surface area contributed by atoms with Crippen LogP contribution in [0.3, 0.4) is 0 Å². The first kappa shape index (κ1) is 21.1. The van der Waals surface area contributed by atoms with E-state index in [4.69, 9.17) is 11.6 Å².